The number of epoxide rings is 2. The Balaban J connectivity index is 1.21. The first-order valence-corrected chi connectivity index (χ1v) is 14.3. The summed E-state index contributed by atoms with van der Waals surface area (Å²) in [5.41, 5.74) is -0.432. The van der Waals surface area contributed by atoms with E-state index < -0.39 is 22.5 Å². The van der Waals surface area contributed by atoms with Crippen molar-refractivity contribution in [2.45, 2.75) is 113 Å². The zero-order valence-electron chi connectivity index (χ0n) is 22.1. The van der Waals surface area contributed by atoms with E-state index in [-0.39, 0.29) is 64.6 Å². The van der Waals surface area contributed by atoms with Gasteiger partial charge in [0.15, 0.2) is 0 Å². The van der Waals surface area contributed by atoms with E-state index in [0.717, 1.165) is 36.8 Å². The van der Waals surface area contributed by atoms with Crippen molar-refractivity contribution in [1.29, 1.82) is 0 Å². The molecule has 0 aromatic heterocycles. The fourth-order valence-corrected chi connectivity index (χ4v) is 11.7. The van der Waals surface area contributed by atoms with Crippen LogP contribution in [0.5, 0.6) is 0 Å². The van der Waals surface area contributed by atoms with Crippen LogP contribution in [0.2, 0.25) is 0 Å². The van der Waals surface area contributed by atoms with Crippen LogP contribution in [0.3, 0.4) is 0 Å². The third-order valence-electron chi connectivity index (χ3n) is 13.4. The summed E-state index contributed by atoms with van der Waals surface area (Å²) in [6, 6.07) is 0. The average molecular weight is 509 g/mol. The highest BCUT2D eigenvalue weighted by Gasteiger charge is 2.89. The van der Waals surface area contributed by atoms with Crippen molar-refractivity contribution >= 4 is 11.9 Å². The van der Waals surface area contributed by atoms with Gasteiger partial charge in [-0.3, -0.25) is 4.79 Å². The van der Waals surface area contributed by atoms with E-state index in [1.165, 1.54) is 0 Å². The first-order chi connectivity index (χ1) is 17.3. The van der Waals surface area contributed by atoms with E-state index in [1.807, 2.05) is 6.92 Å². The van der Waals surface area contributed by atoms with Crippen molar-refractivity contribution in [2.75, 3.05) is 0 Å². The Kier molecular flexibility index (Phi) is 3.44. The minimum absolute atomic E-state index is 0.0380. The highest BCUT2D eigenvalue weighted by atomic mass is 16.7. The van der Waals surface area contributed by atoms with Gasteiger partial charge in [0.1, 0.15) is 23.4 Å². The SMILES string of the molecule is C=C1C(=O)O[C@@H]2C3=C([C@H]4C[C@@]3(C)[C@]3(C4)C(=O)O[C@H]4[C@H]3CC[C@]3(C)O[C@@]35C[C@H]3O[C@@]3(C)[C@H]45)[C@@](C)(O)CC[C@@H]12. The number of aliphatic hydroxyl groups is 1. The Bertz CT molecular complexity index is 1280. The van der Waals surface area contributed by atoms with E-state index in [4.69, 9.17) is 18.9 Å². The second-order valence-corrected chi connectivity index (χ2v) is 14.7. The van der Waals surface area contributed by atoms with Crippen molar-refractivity contribution < 1.29 is 33.6 Å². The molecule has 7 fully saturated rings. The van der Waals surface area contributed by atoms with E-state index in [2.05, 4.69) is 27.4 Å². The molecule has 4 heterocycles. The fourth-order valence-electron chi connectivity index (χ4n) is 11.7. The van der Waals surface area contributed by atoms with Crippen molar-refractivity contribution in [1.82, 2.24) is 0 Å². The molecular formula is C30H36O7. The molecule has 4 saturated heterocycles. The maximum absolute atomic E-state index is 14.3. The van der Waals surface area contributed by atoms with Gasteiger partial charge in [0.25, 0.3) is 0 Å². The summed E-state index contributed by atoms with van der Waals surface area (Å²) in [5.74, 6) is -0.431. The number of fused-ring (bicyclic) bond motifs is 12. The van der Waals surface area contributed by atoms with Gasteiger partial charge < -0.3 is 24.1 Å². The monoisotopic (exact) mass is 508 g/mol. The fraction of sp³-hybridized carbons (Fsp3) is 0.800. The zero-order valence-corrected chi connectivity index (χ0v) is 22.1. The zero-order chi connectivity index (χ0) is 25.7. The first kappa shape index (κ1) is 22.2. The predicted octanol–water partition coefficient (Wildman–Crippen LogP) is 3.38. The molecule has 4 aliphatic heterocycles. The lowest BCUT2D eigenvalue weighted by Crippen LogP contribution is -2.51. The largest absolute Gasteiger partial charge is 0.461 e. The summed E-state index contributed by atoms with van der Waals surface area (Å²) in [5, 5.41) is 11.7. The lowest BCUT2D eigenvalue weighted by Gasteiger charge is -2.48. The van der Waals surface area contributed by atoms with Gasteiger partial charge in [-0.15, -0.1) is 0 Å². The number of ether oxygens (including phenoxy) is 4. The lowest BCUT2D eigenvalue weighted by molar-refractivity contribution is -0.155. The number of carbonyl (C=O) groups excluding carboxylic acids is 2. The number of carbonyl (C=O) groups is 2. The molecule has 198 valence electrons. The minimum Gasteiger partial charge on any atom is -0.461 e. The molecule has 9 rings (SSSR count). The minimum atomic E-state index is -0.983. The molecule has 0 aromatic carbocycles. The first-order valence-electron chi connectivity index (χ1n) is 14.3. The van der Waals surface area contributed by atoms with Gasteiger partial charge in [-0.25, -0.2) is 4.79 Å². The lowest BCUT2D eigenvalue weighted by atomic mass is 9.52. The molecule has 7 heteroatoms. The molecule has 37 heavy (non-hydrogen) atoms. The molecule has 0 unspecified atom stereocenters. The van der Waals surface area contributed by atoms with Crippen LogP contribution >= 0.6 is 0 Å². The van der Waals surface area contributed by atoms with Gasteiger partial charge in [-0.2, -0.15) is 0 Å². The highest BCUT2D eigenvalue weighted by molar-refractivity contribution is 5.92. The van der Waals surface area contributed by atoms with Gasteiger partial charge >= 0.3 is 11.9 Å². The van der Waals surface area contributed by atoms with Gasteiger partial charge in [-0.1, -0.05) is 13.5 Å². The quantitative estimate of drug-likeness (QED) is 0.232. The molecule has 7 nitrogen and oxygen atoms in total. The van der Waals surface area contributed by atoms with Gasteiger partial charge in [0.05, 0.1) is 28.6 Å². The molecular weight excluding hydrogens is 472 g/mol. The standard InChI is InChI=1S/C30H36O7/c1-13-15-6-8-26(3,33)18-14-10-25(2,19(18)20(15)34-23(13)31)29(11-14)16-7-9-27(4)30(37-27)12-17-28(5,36-17)22(30)21(16)35-24(29)32/h14-17,20-22,33H,1,6-12H2,2-5H3/t14-,15-,16+,17+,20-,21-,22-,25+,26-,27-,28+,29-,30+/m0/s1. The maximum atomic E-state index is 14.3. The Morgan fingerprint density at radius 3 is 2.54 bits per heavy atom. The molecule has 2 bridgehead atoms. The van der Waals surface area contributed by atoms with Crippen molar-refractivity contribution in [3.8, 4) is 0 Å². The topological polar surface area (TPSA) is 97.9 Å². The number of hydrogen-bond donors (Lipinski definition) is 1. The number of esters is 2. The summed E-state index contributed by atoms with van der Waals surface area (Å²) in [7, 11) is 0. The Morgan fingerprint density at radius 1 is 0.973 bits per heavy atom. The second kappa shape index (κ2) is 5.75. The van der Waals surface area contributed by atoms with Crippen molar-refractivity contribution in [3.63, 3.8) is 0 Å². The van der Waals surface area contributed by atoms with E-state index >= 15 is 0 Å². The summed E-state index contributed by atoms with van der Waals surface area (Å²) in [6.45, 7) is 12.6. The summed E-state index contributed by atoms with van der Waals surface area (Å²) >= 11 is 0. The highest BCUT2D eigenvalue weighted by Crippen LogP contribution is 2.80. The second-order valence-electron chi connectivity index (χ2n) is 14.7. The van der Waals surface area contributed by atoms with E-state index in [1.54, 1.807) is 0 Å². The summed E-state index contributed by atoms with van der Waals surface area (Å²) < 4.78 is 25.3. The molecule has 0 aromatic rings. The Morgan fingerprint density at radius 2 is 1.76 bits per heavy atom. The number of hydrogen-bond acceptors (Lipinski definition) is 7. The molecule has 9 aliphatic rings. The molecule has 2 spiro atoms. The van der Waals surface area contributed by atoms with Crippen LogP contribution < -0.4 is 0 Å². The van der Waals surface area contributed by atoms with Crippen molar-refractivity contribution in [2.24, 2.45) is 34.5 Å². The Labute approximate surface area is 216 Å². The van der Waals surface area contributed by atoms with Crippen LogP contribution in [0.25, 0.3) is 0 Å². The summed E-state index contributed by atoms with van der Waals surface area (Å²) in [6.07, 6.45) is 4.87. The summed E-state index contributed by atoms with van der Waals surface area (Å²) in [4.78, 5) is 27.0. The van der Waals surface area contributed by atoms with Crippen molar-refractivity contribution in [3.05, 3.63) is 23.3 Å². The third kappa shape index (κ3) is 2.04. The van der Waals surface area contributed by atoms with Crippen LogP contribution in [0.1, 0.15) is 72.6 Å². The van der Waals surface area contributed by atoms with Gasteiger partial charge in [0.2, 0.25) is 0 Å². The van der Waals surface area contributed by atoms with Crippen LogP contribution in [0, 0.1) is 34.5 Å². The molecule has 0 radical (unpaired) electrons. The molecule has 13 atom stereocenters. The maximum Gasteiger partial charge on any atom is 0.334 e. The van der Waals surface area contributed by atoms with E-state index in [9.17, 15) is 14.7 Å². The van der Waals surface area contributed by atoms with Gasteiger partial charge in [0, 0.05) is 29.2 Å². The molecule has 0 amide bonds. The van der Waals surface area contributed by atoms with Crippen LogP contribution in [-0.4, -0.2) is 57.8 Å². The third-order valence-corrected chi connectivity index (χ3v) is 13.4. The normalized spacial score (nSPS) is 63.7. The molecule has 5 aliphatic carbocycles. The van der Waals surface area contributed by atoms with Crippen LogP contribution in [0.15, 0.2) is 23.3 Å². The van der Waals surface area contributed by atoms with Crippen LogP contribution in [-0.2, 0) is 28.5 Å². The molecule has 3 saturated carbocycles. The van der Waals surface area contributed by atoms with Gasteiger partial charge in [-0.05, 0) is 76.4 Å². The Hall–Kier alpha value is -1.70. The predicted molar refractivity (Wildman–Crippen MR) is 129 cm³/mol. The number of rotatable bonds is 0. The molecule has 1 N–H and O–H groups in total. The average Bonchev–Trinajstić information content (AvgIpc) is 3.30. The smallest absolute Gasteiger partial charge is 0.334 e. The van der Waals surface area contributed by atoms with E-state index in [0.29, 0.717) is 24.8 Å². The van der Waals surface area contributed by atoms with Crippen LogP contribution in [0.4, 0.5) is 0 Å².